The quantitative estimate of drug-likeness (QED) is 0.285. The van der Waals surface area contributed by atoms with Crippen LogP contribution in [-0.2, 0) is 4.74 Å². The van der Waals surface area contributed by atoms with Crippen LogP contribution in [0.5, 0.6) is 5.75 Å². The Hall–Kier alpha value is -1.71. The van der Waals surface area contributed by atoms with Crippen molar-refractivity contribution in [2.75, 3.05) is 32.8 Å². The van der Waals surface area contributed by atoms with E-state index in [1.165, 1.54) is 0 Å². The summed E-state index contributed by atoms with van der Waals surface area (Å²) in [5.74, 6) is 1.29. The highest BCUT2D eigenvalue weighted by molar-refractivity contribution is 14.0. The van der Waals surface area contributed by atoms with Crippen LogP contribution in [0, 0.1) is 6.92 Å². The highest BCUT2D eigenvalue weighted by Gasteiger charge is 2.23. The number of aliphatic imine (C=N–C) groups is 1. The van der Waals surface area contributed by atoms with Crippen LogP contribution in [0.1, 0.15) is 25.3 Å². The van der Waals surface area contributed by atoms with Gasteiger partial charge in [0.05, 0.1) is 13.2 Å². The lowest BCUT2D eigenvalue weighted by Crippen LogP contribution is -2.48. The molecule has 2 rings (SSSR count). The minimum absolute atomic E-state index is 0. The monoisotopic (exact) mass is 476 g/mol. The summed E-state index contributed by atoms with van der Waals surface area (Å²) in [5, 5.41) is 3.21. The number of nitrogens with zero attached hydrogens (tertiary/aromatic N) is 2. The van der Waals surface area contributed by atoms with Gasteiger partial charge < -0.3 is 25.4 Å². The number of likely N-dealkylation sites (tertiary alicyclic amines) is 1. The van der Waals surface area contributed by atoms with Gasteiger partial charge in [0.1, 0.15) is 12.4 Å². The average molecular weight is 476 g/mol. The fourth-order valence-electron chi connectivity index (χ4n) is 2.72. The Kier molecular flexibility index (Phi) is 10.2. The maximum atomic E-state index is 11.7. The number of guanidine groups is 1. The van der Waals surface area contributed by atoms with Gasteiger partial charge in [0.2, 0.25) is 0 Å². The van der Waals surface area contributed by atoms with Gasteiger partial charge >= 0.3 is 6.09 Å². The van der Waals surface area contributed by atoms with Gasteiger partial charge in [0.15, 0.2) is 5.96 Å². The van der Waals surface area contributed by atoms with Gasteiger partial charge in [-0.2, -0.15) is 0 Å². The van der Waals surface area contributed by atoms with E-state index in [0.717, 1.165) is 24.2 Å². The summed E-state index contributed by atoms with van der Waals surface area (Å²) in [5.41, 5.74) is 7.04. The maximum Gasteiger partial charge on any atom is 0.409 e. The highest BCUT2D eigenvalue weighted by atomic mass is 127. The van der Waals surface area contributed by atoms with Crippen molar-refractivity contribution < 1.29 is 14.3 Å². The van der Waals surface area contributed by atoms with Crippen LogP contribution >= 0.6 is 24.0 Å². The number of hydrogen-bond donors (Lipinski definition) is 2. The molecule has 1 aromatic carbocycles. The number of benzene rings is 1. The summed E-state index contributed by atoms with van der Waals surface area (Å²) in [7, 11) is 0. The molecule has 0 bridgehead atoms. The first kappa shape index (κ1) is 22.3. The molecule has 0 aliphatic carbocycles. The molecule has 1 aliphatic heterocycles. The molecule has 1 aromatic rings. The fourth-order valence-corrected chi connectivity index (χ4v) is 2.72. The SMILES string of the molecule is CCOC(=O)N1CCC(NC(N)=NCCOc2ccccc2C)CC1.I. The van der Waals surface area contributed by atoms with E-state index in [1.54, 1.807) is 4.90 Å². The molecule has 0 saturated carbocycles. The van der Waals surface area contributed by atoms with Crippen LogP contribution in [0.3, 0.4) is 0 Å². The molecule has 1 amide bonds. The van der Waals surface area contributed by atoms with Crippen molar-refractivity contribution in [3.63, 3.8) is 0 Å². The van der Waals surface area contributed by atoms with Gasteiger partial charge in [-0.25, -0.2) is 9.79 Å². The Labute approximate surface area is 172 Å². The lowest BCUT2D eigenvalue weighted by molar-refractivity contribution is 0.0963. The number of rotatable bonds is 6. The van der Waals surface area contributed by atoms with Crippen molar-refractivity contribution >= 4 is 36.0 Å². The molecular weight excluding hydrogens is 447 g/mol. The van der Waals surface area contributed by atoms with Crippen LogP contribution in [-0.4, -0.2) is 55.8 Å². The van der Waals surface area contributed by atoms with Gasteiger partial charge in [-0.3, -0.25) is 0 Å². The van der Waals surface area contributed by atoms with Crippen LogP contribution < -0.4 is 15.8 Å². The van der Waals surface area contributed by atoms with Crippen molar-refractivity contribution in [2.45, 2.75) is 32.7 Å². The van der Waals surface area contributed by atoms with E-state index < -0.39 is 0 Å². The van der Waals surface area contributed by atoms with Crippen LogP contribution in [0.2, 0.25) is 0 Å². The van der Waals surface area contributed by atoms with E-state index in [-0.39, 0.29) is 36.1 Å². The van der Waals surface area contributed by atoms with Crippen molar-refractivity contribution in [1.82, 2.24) is 10.2 Å². The molecule has 0 atom stereocenters. The third-order valence-electron chi connectivity index (χ3n) is 4.10. The fraction of sp³-hybridized carbons (Fsp3) is 0.556. The lowest BCUT2D eigenvalue weighted by Gasteiger charge is -2.31. The van der Waals surface area contributed by atoms with Crippen molar-refractivity contribution in [1.29, 1.82) is 0 Å². The molecule has 26 heavy (non-hydrogen) atoms. The van der Waals surface area contributed by atoms with Gasteiger partial charge in [0.25, 0.3) is 0 Å². The number of ether oxygens (including phenoxy) is 2. The first-order valence-corrected chi connectivity index (χ1v) is 8.76. The minimum Gasteiger partial charge on any atom is -0.491 e. The summed E-state index contributed by atoms with van der Waals surface area (Å²) >= 11 is 0. The van der Waals surface area contributed by atoms with Gasteiger partial charge in [0, 0.05) is 19.1 Å². The summed E-state index contributed by atoms with van der Waals surface area (Å²) < 4.78 is 10.7. The molecule has 8 heteroatoms. The van der Waals surface area contributed by atoms with E-state index >= 15 is 0 Å². The number of aryl methyl sites for hydroxylation is 1. The summed E-state index contributed by atoms with van der Waals surface area (Å²) in [6.45, 7) is 6.54. The molecule has 0 radical (unpaired) electrons. The number of hydrogen-bond acceptors (Lipinski definition) is 4. The summed E-state index contributed by atoms with van der Waals surface area (Å²) in [4.78, 5) is 17.7. The third kappa shape index (κ3) is 7.27. The smallest absolute Gasteiger partial charge is 0.409 e. The molecule has 0 aromatic heterocycles. The standard InChI is InChI=1S/C18H28N4O3.HI/c1-3-24-18(23)22-11-8-15(9-12-22)21-17(19)20-10-13-25-16-7-5-4-6-14(16)2;/h4-7,15H,3,8-13H2,1-2H3,(H3,19,20,21);1H. The Balaban J connectivity index is 0.00000338. The van der Waals surface area contributed by atoms with Gasteiger partial charge in [-0.1, -0.05) is 18.2 Å². The van der Waals surface area contributed by atoms with Crippen molar-refractivity contribution in [3.05, 3.63) is 29.8 Å². The summed E-state index contributed by atoms with van der Waals surface area (Å²) in [6, 6.07) is 8.11. The van der Waals surface area contributed by atoms with Crippen LogP contribution in [0.4, 0.5) is 4.79 Å². The molecule has 1 fully saturated rings. The zero-order valence-electron chi connectivity index (χ0n) is 15.4. The number of halogens is 1. The number of carbonyl (C=O) groups excluding carboxylic acids is 1. The summed E-state index contributed by atoms with van der Waals surface area (Å²) in [6.07, 6.45) is 1.42. The molecule has 0 unspecified atom stereocenters. The molecule has 1 heterocycles. The number of para-hydroxylation sites is 1. The van der Waals surface area contributed by atoms with Crippen molar-refractivity contribution in [2.24, 2.45) is 10.7 Å². The predicted molar refractivity (Wildman–Crippen MR) is 113 cm³/mol. The van der Waals surface area contributed by atoms with E-state index in [0.29, 0.717) is 38.8 Å². The molecule has 0 spiro atoms. The molecule has 1 saturated heterocycles. The second kappa shape index (κ2) is 11.8. The second-order valence-electron chi connectivity index (χ2n) is 5.99. The van der Waals surface area contributed by atoms with Crippen LogP contribution in [0.25, 0.3) is 0 Å². The largest absolute Gasteiger partial charge is 0.491 e. The lowest BCUT2D eigenvalue weighted by atomic mass is 10.1. The predicted octanol–water partition coefficient (Wildman–Crippen LogP) is 2.52. The van der Waals surface area contributed by atoms with E-state index in [1.807, 2.05) is 38.1 Å². The maximum absolute atomic E-state index is 11.7. The number of nitrogens with two attached hydrogens (primary N) is 1. The Morgan fingerprint density at radius 1 is 1.35 bits per heavy atom. The second-order valence-corrected chi connectivity index (χ2v) is 5.99. The zero-order chi connectivity index (χ0) is 18.1. The van der Waals surface area contributed by atoms with Gasteiger partial charge in [-0.05, 0) is 38.3 Å². The minimum atomic E-state index is -0.240. The third-order valence-corrected chi connectivity index (χ3v) is 4.10. The first-order chi connectivity index (χ1) is 12.1. The molecule has 7 nitrogen and oxygen atoms in total. The topological polar surface area (TPSA) is 89.2 Å². The average Bonchev–Trinajstić information content (AvgIpc) is 2.61. The van der Waals surface area contributed by atoms with E-state index in [9.17, 15) is 4.79 Å². The van der Waals surface area contributed by atoms with E-state index in [4.69, 9.17) is 15.2 Å². The Morgan fingerprint density at radius 3 is 2.69 bits per heavy atom. The van der Waals surface area contributed by atoms with Crippen LogP contribution in [0.15, 0.2) is 29.3 Å². The van der Waals surface area contributed by atoms with Gasteiger partial charge in [-0.15, -0.1) is 24.0 Å². The molecule has 1 aliphatic rings. The number of amides is 1. The zero-order valence-corrected chi connectivity index (χ0v) is 17.8. The number of carbonyl (C=O) groups is 1. The van der Waals surface area contributed by atoms with E-state index in [2.05, 4.69) is 10.3 Å². The molecule has 3 N–H and O–H groups in total. The molecule has 146 valence electrons. The highest BCUT2D eigenvalue weighted by Crippen LogP contribution is 2.15. The first-order valence-electron chi connectivity index (χ1n) is 8.76. The Morgan fingerprint density at radius 2 is 2.04 bits per heavy atom. The van der Waals surface area contributed by atoms with Crippen molar-refractivity contribution in [3.8, 4) is 5.75 Å². The Bertz CT molecular complexity index is 590. The normalized spacial score (nSPS) is 15.2. The molecular formula is C18H29IN4O3. The number of nitrogens with one attached hydrogen (secondary N) is 1. The number of piperidine rings is 1.